The van der Waals surface area contributed by atoms with E-state index in [-0.39, 0.29) is 35.9 Å². The third kappa shape index (κ3) is 7.98. The molecule has 0 spiro atoms. The normalized spacial score (nSPS) is 11.9. The van der Waals surface area contributed by atoms with E-state index in [1.807, 2.05) is 19.1 Å². The van der Waals surface area contributed by atoms with E-state index in [1.165, 1.54) is 12.1 Å². The Labute approximate surface area is 176 Å². The summed E-state index contributed by atoms with van der Waals surface area (Å²) in [7, 11) is 3.28. The van der Waals surface area contributed by atoms with Crippen LogP contribution in [0.2, 0.25) is 0 Å². The lowest BCUT2D eigenvalue weighted by molar-refractivity contribution is 0.198. The van der Waals surface area contributed by atoms with Gasteiger partial charge in [-0.05, 0) is 24.6 Å². The maximum absolute atomic E-state index is 13.3. The van der Waals surface area contributed by atoms with E-state index < -0.39 is 0 Å². The molecule has 0 aliphatic carbocycles. The van der Waals surface area contributed by atoms with Gasteiger partial charge in [0.2, 0.25) is 5.88 Å². The third-order valence-corrected chi connectivity index (χ3v) is 3.70. The average molecular weight is 488 g/mol. The Morgan fingerprint density at radius 1 is 1.22 bits per heavy atom. The summed E-state index contributed by atoms with van der Waals surface area (Å²) < 4.78 is 24.2. The van der Waals surface area contributed by atoms with Crippen LogP contribution in [-0.4, -0.2) is 37.7 Å². The number of nitrogens with zero attached hydrogens (tertiary/aromatic N) is 2. The van der Waals surface area contributed by atoms with E-state index in [1.54, 1.807) is 32.4 Å². The van der Waals surface area contributed by atoms with Crippen LogP contribution in [0.5, 0.6) is 11.6 Å². The number of ether oxygens (including phenoxy) is 2. The fraction of sp³-hybridized carbons (Fsp3) is 0.368. The summed E-state index contributed by atoms with van der Waals surface area (Å²) in [5.74, 6) is 1.41. The van der Waals surface area contributed by atoms with E-state index in [2.05, 4.69) is 20.6 Å². The van der Waals surface area contributed by atoms with Crippen molar-refractivity contribution in [3.05, 3.63) is 54.0 Å². The van der Waals surface area contributed by atoms with Gasteiger partial charge < -0.3 is 20.1 Å². The second-order valence-corrected chi connectivity index (χ2v) is 5.58. The molecule has 0 saturated heterocycles. The highest BCUT2D eigenvalue weighted by molar-refractivity contribution is 14.0. The van der Waals surface area contributed by atoms with Crippen molar-refractivity contribution in [2.24, 2.45) is 4.99 Å². The minimum atomic E-state index is -0.312. The average Bonchev–Trinajstić information content (AvgIpc) is 2.67. The molecule has 0 amide bonds. The number of hydrogen-bond acceptors (Lipinski definition) is 4. The molecule has 1 aromatic carbocycles. The van der Waals surface area contributed by atoms with Crippen molar-refractivity contribution < 1.29 is 13.9 Å². The maximum atomic E-state index is 13.3. The number of methoxy groups -OCH3 is 1. The Balaban J connectivity index is 0.00000364. The fourth-order valence-electron chi connectivity index (χ4n) is 2.28. The quantitative estimate of drug-likeness (QED) is 0.339. The van der Waals surface area contributed by atoms with Crippen molar-refractivity contribution in [3.8, 4) is 11.6 Å². The largest absolute Gasteiger partial charge is 0.489 e. The molecular weight excluding hydrogens is 462 g/mol. The predicted molar refractivity (Wildman–Crippen MR) is 116 cm³/mol. The summed E-state index contributed by atoms with van der Waals surface area (Å²) in [5, 5.41) is 6.41. The highest BCUT2D eigenvalue weighted by atomic mass is 127. The van der Waals surface area contributed by atoms with Crippen molar-refractivity contribution in [2.45, 2.75) is 26.0 Å². The van der Waals surface area contributed by atoms with Gasteiger partial charge in [0.25, 0.3) is 0 Å². The van der Waals surface area contributed by atoms with Crippen molar-refractivity contribution >= 4 is 29.9 Å². The number of guanidine groups is 1. The van der Waals surface area contributed by atoms with Crippen LogP contribution < -0.4 is 20.1 Å². The smallest absolute Gasteiger partial charge is 0.213 e. The molecule has 2 N–H and O–H groups in total. The van der Waals surface area contributed by atoms with Crippen LogP contribution in [0.25, 0.3) is 0 Å². The summed E-state index contributed by atoms with van der Waals surface area (Å²) in [6.07, 6.45) is 0.670. The van der Waals surface area contributed by atoms with Crippen molar-refractivity contribution in [2.75, 3.05) is 20.7 Å². The van der Waals surface area contributed by atoms with Crippen molar-refractivity contribution in [1.82, 2.24) is 15.6 Å². The fourth-order valence-corrected chi connectivity index (χ4v) is 2.28. The first-order chi connectivity index (χ1) is 12.6. The van der Waals surface area contributed by atoms with Gasteiger partial charge in [-0.1, -0.05) is 19.1 Å². The molecular formula is C19H26FIN4O2. The third-order valence-electron chi connectivity index (χ3n) is 3.70. The van der Waals surface area contributed by atoms with E-state index >= 15 is 0 Å². The van der Waals surface area contributed by atoms with Crippen molar-refractivity contribution in [1.29, 1.82) is 0 Å². The Morgan fingerprint density at radius 2 is 2.00 bits per heavy atom. The molecule has 6 nitrogen and oxygen atoms in total. The van der Waals surface area contributed by atoms with Crippen LogP contribution in [-0.2, 0) is 6.54 Å². The standard InChI is InChI=1S/C19H25FN4O2.HI/c1-4-16(26-17-9-5-7-14(20)11-17)13-23-19(21-2)22-12-15-8-6-10-18(24-15)25-3;/h5-11,16H,4,12-13H2,1-3H3,(H2,21,22,23);1H. The highest BCUT2D eigenvalue weighted by Crippen LogP contribution is 2.14. The van der Waals surface area contributed by atoms with Gasteiger partial charge in [0.05, 0.1) is 25.9 Å². The summed E-state index contributed by atoms with van der Waals surface area (Å²) >= 11 is 0. The Hall–Kier alpha value is -2.10. The van der Waals surface area contributed by atoms with E-state index in [0.717, 1.165) is 12.1 Å². The number of rotatable bonds is 8. The van der Waals surface area contributed by atoms with Crippen molar-refractivity contribution in [3.63, 3.8) is 0 Å². The number of pyridine rings is 1. The molecule has 27 heavy (non-hydrogen) atoms. The summed E-state index contributed by atoms with van der Waals surface area (Å²) in [5.41, 5.74) is 0.843. The van der Waals surface area contributed by atoms with Gasteiger partial charge >= 0.3 is 0 Å². The van der Waals surface area contributed by atoms with Gasteiger partial charge in [0.1, 0.15) is 17.7 Å². The molecule has 1 unspecified atom stereocenters. The zero-order valence-corrected chi connectivity index (χ0v) is 18.1. The summed E-state index contributed by atoms with van der Waals surface area (Å²) in [6, 6.07) is 11.7. The monoisotopic (exact) mass is 488 g/mol. The first-order valence-corrected chi connectivity index (χ1v) is 8.51. The minimum Gasteiger partial charge on any atom is -0.489 e. The molecule has 1 atom stereocenters. The Bertz CT molecular complexity index is 730. The van der Waals surface area contributed by atoms with Gasteiger partial charge in [-0.3, -0.25) is 4.99 Å². The first kappa shape index (κ1) is 22.9. The molecule has 0 aliphatic rings. The summed E-state index contributed by atoms with van der Waals surface area (Å²) in [4.78, 5) is 8.54. The Kier molecular flexibility index (Phi) is 10.5. The minimum absolute atomic E-state index is 0. The molecule has 2 rings (SSSR count). The number of aromatic nitrogens is 1. The SMILES string of the molecule is CCC(CNC(=NC)NCc1cccc(OC)n1)Oc1cccc(F)c1.I. The number of hydrogen-bond donors (Lipinski definition) is 2. The molecule has 0 fully saturated rings. The van der Waals surface area contributed by atoms with Gasteiger partial charge in [-0.2, -0.15) is 0 Å². The lowest BCUT2D eigenvalue weighted by atomic mass is 10.2. The van der Waals surface area contributed by atoms with E-state index in [0.29, 0.717) is 30.7 Å². The van der Waals surface area contributed by atoms with Crippen LogP contribution in [0, 0.1) is 5.82 Å². The predicted octanol–water partition coefficient (Wildman–Crippen LogP) is 3.37. The maximum Gasteiger partial charge on any atom is 0.213 e. The lowest BCUT2D eigenvalue weighted by Gasteiger charge is -2.20. The van der Waals surface area contributed by atoms with Crippen LogP contribution in [0.4, 0.5) is 4.39 Å². The zero-order chi connectivity index (χ0) is 18.8. The molecule has 0 bridgehead atoms. The van der Waals surface area contributed by atoms with Gasteiger partial charge in [0, 0.05) is 19.2 Å². The molecule has 2 aromatic rings. The topological polar surface area (TPSA) is 67.8 Å². The number of halogens is 2. The number of aliphatic imine (C=N–C) groups is 1. The molecule has 8 heteroatoms. The zero-order valence-electron chi connectivity index (χ0n) is 15.7. The van der Waals surface area contributed by atoms with Gasteiger partial charge in [-0.25, -0.2) is 9.37 Å². The van der Waals surface area contributed by atoms with Crippen LogP contribution in [0.15, 0.2) is 47.5 Å². The van der Waals surface area contributed by atoms with Crippen LogP contribution in [0.1, 0.15) is 19.0 Å². The number of nitrogens with one attached hydrogen (secondary N) is 2. The van der Waals surface area contributed by atoms with Gasteiger partial charge in [0.15, 0.2) is 5.96 Å². The Morgan fingerprint density at radius 3 is 2.67 bits per heavy atom. The molecule has 148 valence electrons. The highest BCUT2D eigenvalue weighted by Gasteiger charge is 2.10. The van der Waals surface area contributed by atoms with E-state index in [9.17, 15) is 4.39 Å². The van der Waals surface area contributed by atoms with Gasteiger partial charge in [-0.15, -0.1) is 24.0 Å². The molecule has 0 saturated carbocycles. The molecule has 0 radical (unpaired) electrons. The van der Waals surface area contributed by atoms with E-state index in [4.69, 9.17) is 9.47 Å². The second-order valence-electron chi connectivity index (χ2n) is 5.58. The molecule has 1 aromatic heterocycles. The molecule has 1 heterocycles. The number of benzene rings is 1. The first-order valence-electron chi connectivity index (χ1n) is 8.51. The lowest BCUT2D eigenvalue weighted by Crippen LogP contribution is -2.42. The van der Waals surface area contributed by atoms with Crippen LogP contribution >= 0.6 is 24.0 Å². The summed E-state index contributed by atoms with van der Waals surface area (Å²) in [6.45, 7) is 3.07. The molecule has 0 aliphatic heterocycles. The second kappa shape index (κ2) is 12.3. The van der Waals surface area contributed by atoms with Crippen LogP contribution in [0.3, 0.4) is 0 Å².